The standard InChI is InChI=1S/C16H16F2N2O/c1-11(2)20(10-12-6-3-4-9-19-12)16(21)13-7-5-8-14(17)15(13)18/h3-9,11H,10H2,1-2H3. The maximum atomic E-state index is 13.8. The number of rotatable bonds is 4. The summed E-state index contributed by atoms with van der Waals surface area (Å²) in [6.45, 7) is 3.88. The minimum atomic E-state index is -1.12. The van der Waals surface area contributed by atoms with Crippen LogP contribution in [0.4, 0.5) is 8.78 Å². The molecule has 1 aromatic carbocycles. The van der Waals surface area contributed by atoms with Crippen LogP contribution in [0.25, 0.3) is 0 Å². The summed E-state index contributed by atoms with van der Waals surface area (Å²) in [5.41, 5.74) is 0.427. The second-order valence-corrected chi connectivity index (χ2v) is 4.95. The van der Waals surface area contributed by atoms with Crippen LogP contribution >= 0.6 is 0 Å². The van der Waals surface area contributed by atoms with Crippen molar-refractivity contribution in [3.63, 3.8) is 0 Å². The highest BCUT2D eigenvalue weighted by atomic mass is 19.2. The smallest absolute Gasteiger partial charge is 0.257 e. The van der Waals surface area contributed by atoms with Crippen LogP contribution in [0.1, 0.15) is 29.9 Å². The summed E-state index contributed by atoms with van der Waals surface area (Å²) in [6, 6.07) is 8.81. The van der Waals surface area contributed by atoms with Gasteiger partial charge in [0.2, 0.25) is 0 Å². The Morgan fingerprint density at radius 2 is 1.95 bits per heavy atom. The lowest BCUT2D eigenvalue weighted by atomic mass is 10.1. The summed E-state index contributed by atoms with van der Waals surface area (Å²) in [5.74, 6) is -2.69. The third kappa shape index (κ3) is 3.42. The van der Waals surface area contributed by atoms with Crippen molar-refractivity contribution >= 4 is 5.91 Å². The van der Waals surface area contributed by atoms with Crippen LogP contribution < -0.4 is 0 Å². The summed E-state index contributed by atoms with van der Waals surface area (Å²) in [4.78, 5) is 18.1. The number of pyridine rings is 1. The molecule has 1 aromatic heterocycles. The first-order chi connectivity index (χ1) is 10.0. The molecule has 0 fully saturated rings. The van der Waals surface area contributed by atoms with Crippen molar-refractivity contribution in [3.8, 4) is 0 Å². The quantitative estimate of drug-likeness (QED) is 0.864. The molecule has 110 valence electrons. The fraction of sp³-hybridized carbons (Fsp3) is 0.250. The molecule has 2 aromatic rings. The highest BCUT2D eigenvalue weighted by molar-refractivity contribution is 5.94. The normalized spacial score (nSPS) is 10.7. The van der Waals surface area contributed by atoms with Gasteiger partial charge in [-0.15, -0.1) is 0 Å². The van der Waals surface area contributed by atoms with Crippen molar-refractivity contribution in [3.05, 3.63) is 65.5 Å². The average molecular weight is 290 g/mol. The van der Waals surface area contributed by atoms with Crippen LogP contribution in [0, 0.1) is 11.6 Å². The van der Waals surface area contributed by atoms with Gasteiger partial charge in [0.1, 0.15) is 0 Å². The lowest BCUT2D eigenvalue weighted by molar-refractivity contribution is 0.0682. The van der Waals surface area contributed by atoms with Crippen molar-refractivity contribution < 1.29 is 13.6 Å². The molecule has 3 nitrogen and oxygen atoms in total. The molecule has 5 heteroatoms. The summed E-state index contributed by atoms with van der Waals surface area (Å²) in [5, 5.41) is 0. The molecule has 0 aliphatic rings. The van der Waals surface area contributed by atoms with Crippen molar-refractivity contribution in [1.82, 2.24) is 9.88 Å². The molecule has 0 saturated carbocycles. The summed E-state index contributed by atoms with van der Waals surface area (Å²) in [6.07, 6.45) is 1.63. The van der Waals surface area contributed by atoms with Crippen LogP contribution in [0.2, 0.25) is 0 Å². The summed E-state index contributed by atoms with van der Waals surface area (Å²) >= 11 is 0. The number of nitrogens with zero attached hydrogens (tertiary/aromatic N) is 2. The number of carbonyl (C=O) groups excluding carboxylic acids is 1. The molecule has 0 saturated heterocycles. The van der Waals surface area contributed by atoms with Crippen LogP contribution in [0.5, 0.6) is 0 Å². The Morgan fingerprint density at radius 3 is 2.57 bits per heavy atom. The summed E-state index contributed by atoms with van der Waals surface area (Å²) < 4.78 is 27.0. The van der Waals surface area contributed by atoms with Crippen molar-refractivity contribution in [2.75, 3.05) is 0 Å². The van der Waals surface area contributed by atoms with E-state index in [9.17, 15) is 13.6 Å². The number of hydrogen-bond donors (Lipinski definition) is 0. The fourth-order valence-corrected chi connectivity index (χ4v) is 1.98. The Balaban J connectivity index is 2.30. The topological polar surface area (TPSA) is 33.2 Å². The van der Waals surface area contributed by atoms with Gasteiger partial charge >= 0.3 is 0 Å². The average Bonchev–Trinajstić information content (AvgIpc) is 2.48. The predicted octanol–water partition coefficient (Wildman–Crippen LogP) is 3.41. The molecule has 21 heavy (non-hydrogen) atoms. The Morgan fingerprint density at radius 1 is 1.19 bits per heavy atom. The van der Waals surface area contributed by atoms with Gasteiger partial charge < -0.3 is 4.90 Å². The molecule has 2 rings (SSSR count). The van der Waals surface area contributed by atoms with Gasteiger partial charge in [0, 0.05) is 12.2 Å². The van der Waals surface area contributed by atoms with E-state index in [0.717, 1.165) is 6.07 Å². The molecule has 0 N–H and O–H groups in total. The first kappa shape index (κ1) is 15.1. The fourth-order valence-electron chi connectivity index (χ4n) is 1.98. The first-order valence-electron chi connectivity index (χ1n) is 6.65. The molecular formula is C16H16F2N2O. The third-order valence-electron chi connectivity index (χ3n) is 3.12. The molecule has 0 unspecified atom stereocenters. The lowest BCUT2D eigenvalue weighted by Gasteiger charge is -2.26. The number of aromatic nitrogens is 1. The second kappa shape index (κ2) is 6.43. The van der Waals surface area contributed by atoms with E-state index in [1.807, 2.05) is 19.9 Å². The van der Waals surface area contributed by atoms with E-state index in [1.54, 1.807) is 18.3 Å². The highest BCUT2D eigenvalue weighted by Crippen LogP contribution is 2.17. The molecule has 0 atom stereocenters. The molecule has 0 bridgehead atoms. The monoisotopic (exact) mass is 290 g/mol. The van der Waals surface area contributed by atoms with Crippen LogP contribution in [0.3, 0.4) is 0 Å². The van der Waals surface area contributed by atoms with Gasteiger partial charge in [-0.1, -0.05) is 12.1 Å². The van der Waals surface area contributed by atoms with Gasteiger partial charge in [-0.25, -0.2) is 8.78 Å². The zero-order valence-electron chi connectivity index (χ0n) is 11.9. The van der Waals surface area contributed by atoms with Crippen LogP contribution in [0.15, 0.2) is 42.6 Å². The maximum absolute atomic E-state index is 13.8. The molecule has 0 spiro atoms. The molecule has 0 radical (unpaired) electrons. The number of carbonyl (C=O) groups is 1. The first-order valence-corrected chi connectivity index (χ1v) is 6.65. The molecule has 1 heterocycles. The van der Waals surface area contributed by atoms with E-state index in [0.29, 0.717) is 5.69 Å². The number of amides is 1. The SMILES string of the molecule is CC(C)N(Cc1ccccn1)C(=O)c1cccc(F)c1F. The minimum absolute atomic E-state index is 0.165. The minimum Gasteiger partial charge on any atom is -0.330 e. The Labute approximate surface area is 122 Å². The zero-order valence-corrected chi connectivity index (χ0v) is 11.9. The molecule has 0 aliphatic carbocycles. The Hall–Kier alpha value is -2.30. The van der Waals surface area contributed by atoms with Gasteiger partial charge in [0.15, 0.2) is 11.6 Å². The van der Waals surface area contributed by atoms with Gasteiger partial charge in [-0.05, 0) is 38.1 Å². The zero-order chi connectivity index (χ0) is 15.4. The number of halogens is 2. The Kier molecular flexibility index (Phi) is 4.62. The van der Waals surface area contributed by atoms with Crippen molar-refractivity contribution in [1.29, 1.82) is 0 Å². The maximum Gasteiger partial charge on any atom is 0.257 e. The van der Waals surface area contributed by atoms with Crippen LogP contribution in [-0.4, -0.2) is 21.8 Å². The van der Waals surface area contributed by atoms with Gasteiger partial charge in [-0.2, -0.15) is 0 Å². The van der Waals surface area contributed by atoms with E-state index in [2.05, 4.69) is 4.98 Å². The molecule has 0 aliphatic heterocycles. The van der Waals surface area contributed by atoms with Crippen LogP contribution in [-0.2, 0) is 6.54 Å². The molecular weight excluding hydrogens is 274 g/mol. The van der Waals surface area contributed by atoms with Crippen molar-refractivity contribution in [2.45, 2.75) is 26.4 Å². The lowest BCUT2D eigenvalue weighted by Crippen LogP contribution is -2.37. The number of hydrogen-bond acceptors (Lipinski definition) is 2. The van der Waals surface area contributed by atoms with Gasteiger partial charge in [0.25, 0.3) is 5.91 Å². The molecule has 1 amide bonds. The Bertz CT molecular complexity index is 629. The van der Waals surface area contributed by atoms with Gasteiger partial charge in [0.05, 0.1) is 17.8 Å². The van der Waals surface area contributed by atoms with Gasteiger partial charge in [-0.3, -0.25) is 9.78 Å². The largest absolute Gasteiger partial charge is 0.330 e. The van der Waals surface area contributed by atoms with E-state index in [-0.39, 0.29) is 18.2 Å². The van der Waals surface area contributed by atoms with Crippen molar-refractivity contribution in [2.24, 2.45) is 0 Å². The van der Waals surface area contributed by atoms with E-state index >= 15 is 0 Å². The predicted molar refractivity (Wildman–Crippen MR) is 75.6 cm³/mol. The summed E-state index contributed by atoms with van der Waals surface area (Å²) in [7, 11) is 0. The van der Waals surface area contributed by atoms with E-state index in [4.69, 9.17) is 0 Å². The number of benzene rings is 1. The van der Waals surface area contributed by atoms with E-state index < -0.39 is 17.5 Å². The third-order valence-corrected chi connectivity index (χ3v) is 3.12. The second-order valence-electron chi connectivity index (χ2n) is 4.95. The highest BCUT2D eigenvalue weighted by Gasteiger charge is 2.23. The van der Waals surface area contributed by atoms with E-state index in [1.165, 1.54) is 17.0 Å².